The van der Waals surface area contributed by atoms with Crippen LogP contribution in [0.1, 0.15) is 30.4 Å². The Labute approximate surface area is 193 Å². The molecule has 0 N–H and O–H groups in total. The smallest absolute Gasteiger partial charge is 0.335 e. The van der Waals surface area contributed by atoms with Crippen LogP contribution in [0.25, 0.3) is 10.8 Å². The van der Waals surface area contributed by atoms with Crippen LogP contribution in [0.2, 0.25) is 0 Å². The highest BCUT2D eigenvalue weighted by Gasteiger charge is 2.17. The van der Waals surface area contributed by atoms with Gasteiger partial charge in [0.1, 0.15) is 23.0 Å². The molecule has 0 aliphatic heterocycles. The maximum Gasteiger partial charge on any atom is 0.335 e. The average molecular weight is 437 g/mol. The van der Waals surface area contributed by atoms with Crippen molar-refractivity contribution in [2.24, 2.45) is 0 Å². The summed E-state index contributed by atoms with van der Waals surface area (Å²) in [6, 6.07) is 16.8. The summed E-state index contributed by atoms with van der Waals surface area (Å²) in [5.74, 6) is 8.52. The Morgan fingerprint density at radius 3 is 2.12 bits per heavy atom. The first kappa shape index (κ1) is 22.0. The molecule has 4 heteroatoms. The van der Waals surface area contributed by atoms with Crippen molar-refractivity contribution < 1.29 is 19.0 Å². The van der Waals surface area contributed by atoms with E-state index in [4.69, 9.17) is 14.2 Å². The Morgan fingerprint density at radius 2 is 1.52 bits per heavy atom. The second kappa shape index (κ2) is 9.93. The summed E-state index contributed by atoms with van der Waals surface area (Å²) in [4.78, 5) is 11.8. The van der Waals surface area contributed by atoms with E-state index >= 15 is 0 Å². The van der Waals surface area contributed by atoms with Crippen LogP contribution in [0, 0.1) is 11.8 Å². The summed E-state index contributed by atoms with van der Waals surface area (Å²) < 4.78 is 16.9. The molecule has 0 bridgehead atoms. The van der Waals surface area contributed by atoms with Gasteiger partial charge in [0, 0.05) is 28.0 Å². The van der Waals surface area contributed by atoms with E-state index in [9.17, 15) is 4.79 Å². The van der Waals surface area contributed by atoms with Crippen LogP contribution in [-0.2, 0) is 4.79 Å². The Balaban J connectivity index is 1.75. The highest BCUT2D eigenvalue weighted by molar-refractivity contribution is 5.96. The number of esters is 1. The quantitative estimate of drug-likeness (QED) is 0.149. The van der Waals surface area contributed by atoms with E-state index in [1.165, 1.54) is 12.0 Å². The molecule has 4 nitrogen and oxygen atoms in total. The third-order valence-electron chi connectivity index (χ3n) is 5.47. The monoisotopic (exact) mass is 436 g/mol. The number of hydrogen-bond donors (Lipinski definition) is 0. The maximum absolute atomic E-state index is 11.8. The topological polar surface area (TPSA) is 44.8 Å². The first-order chi connectivity index (χ1) is 16.1. The van der Waals surface area contributed by atoms with Crippen LogP contribution in [0.15, 0.2) is 91.2 Å². The van der Waals surface area contributed by atoms with E-state index in [0.717, 1.165) is 52.3 Å². The minimum Gasteiger partial charge on any atom is -0.497 e. The molecule has 1 aliphatic rings. The molecule has 3 aromatic rings. The van der Waals surface area contributed by atoms with Crippen molar-refractivity contribution in [3.8, 4) is 29.1 Å². The van der Waals surface area contributed by atoms with Crippen molar-refractivity contribution in [3.05, 3.63) is 102 Å². The fourth-order valence-electron chi connectivity index (χ4n) is 3.49. The number of benzene rings is 3. The third kappa shape index (κ3) is 4.99. The highest BCUT2D eigenvalue weighted by atomic mass is 16.5. The molecule has 1 fully saturated rings. The summed E-state index contributed by atoms with van der Waals surface area (Å²) in [7, 11) is 1.63. The van der Waals surface area contributed by atoms with E-state index in [-0.39, 0.29) is 0 Å². The molecule has 1 saturated carbocycles. The SMILES string of the molecule is C=CC(=O)Oc1ccc(OC(C=C)=C2CCC2)c2cc(C#Cc3ccc(OC)cc3)ccc12. The zero-order valence-corrected chi connectivity index (χ0v) is 18.5. The van der Waals surface area contributed by atoms with Gasteiger partial charge in [0.15, 0.2) is 0 Å². The van der Waals surface area contributed by atoms with Gasteiger partial charge in [0.2, 0.25) is 0 Å². The lowest BCUT2D eigenvalue weighted by molar-refractivity contribution is -0.128. The predicted molar refractivity (Wildman–Crippen MR) is 130 cm³/mol. The zero-order chi connectivity index (χ0) is 23.2. The van der Waals surface area contributed by atoms with Gasteiger partial charge in [0.05, 0.1) is 7.11 Å². The minimum atomic E-state index is -0.517. The van der Waals surface area contributed by atoms with Gasteiger partial charge in [-0.05, 0) is 85.5 Å². The first-order valence-corrected chi connectivity index (χ1v) is 10.7. The standard InChI is InChI=1S/C29H24O4/c1-4-26(22-7-6-8-22)32-28-18-17-27(33-29(30)5-2)24-16-13-21(19-25(24)28)10-9-20-11-14-23(31-3)15-12-20/h4-5,11-19H,1-2,6-8H2,3H3. The second-order valence-electron chi connectivity index (χ2n) is 7.55. The van der Waals surface area contributed by atoms with Crippen LogP contribution in [0.4, 0.5) is 0 Å². The van der Waals surface area contributed by atoms with Crippen LogP contribution in [-0.4, -0.2) is 13.1 Å². The van der Waals surface area contributed by atoms with Crippen LogP contribution >= 0.6 is 0 Å². The molecule has 0 spiro atoms. The van der Waals surface area contributed by atoms with Crippen molar-refractivity contribution in [2.75, 3.05) is 7.11 Å². The van der Waals surface area contributed by atoms with Crippen molar-refractivity contribution in [3.63, 3.8) is 0 Å². The molecule has 0 unspecified atom stereocenters. The number of methoxy groups -OCH3 is 1. The van der Waals surface area contributed by atoms with E-state index in [2.05, 4.69) is 25.0 Å². The summed E-state index contributed by atoms with van der Waals surface area (Å²) in [6.07, 6.45) is 6.10. The Kier molecular flexibility index (Phi) is 6.61. The normalized spacial score (nSPS) is 12.1. The van der Waals surface area contributed by atoms with E-state index in [1.54, 1.807) is 25.3 Å². The number of fused-ring (bicyclic) bond motifs is 1. The van der Waals surface area contributed by atoms with Crippen molar-refractivity contribution >= 4 is 16.7 Å². The lowest BCUT2D eigenvalue weighted by atomic mass is 9.91. The molecule has 0 heterocycles. The van der Waals surface area contributed by atoms with Gasteiger partial charge < -0.3 is 14.2 Å². The van der Waals surface area contributed by atoms with Gasteiger partial charge in [-0.2, -0.15) is 0 Å². The van der Waals surface area contributed by atoms with E-state index in [1.807, 2.05) is 42.5 Å². The fraction of sp³-hybridized carbons (Fsp3) is 0.138. The molecular formula is C29H24O4. The van der Waals surface area contributed by atoms with Crippen LogP contribution in [0.5, 0.6) is 17.2 Å². The Morgan fingerprint density at radius 1 is 0.848 bits per heavy atom. The molecule has 4 rings (SSSR count). The zero-order valence-electron chi connectivity index (χ0n) is 18.5. The highest BCUT2D eigenvalue weighted by Crippen LogP contribution is 2.37. The van der Waals surface area contributed by atoms with Gasteiger partial charge in [-0.1, -0.05) is 25.0 Å². The lowest BCUT2D eigenvalue weighted by Gasteiger charge is -2.21. The second-order valence-corrected chi connectivity index (χ2v) is 7.55. The minimum absolute atomic E-state index is 0.438. The van der Waals surface area contributed by atoms with Gasteiger partial charge in [0.25, 0.3) is 0 Å². The average Bonchev–Trinajstić information content (AvgIpc) is 2.82. The van der Waals surface area contributed by atoms with Gasteiger partial charge in [-0.3, -0.25) is 0 Å². The molecule has 33 heavy (non-hydrogen) atoms. The fourth-order valence-corrected chi connectivity index (χ4v) is 3.49. The van der Waals surface area contributed by atoms with E-state index in [0.29, 0.717) is 11.5 Å². The number of ether oxygens (including phenoxy) is 3. The molecule has 0 atom stereocenters. The molecule has 1 aliphatic carbocycles. The molecule has 0 saturated heterocycles. The van der Waals surface area contributed by atoms with Crippen LogP contribution < -0.4 is 14.2 Å². The number of rotatable bonds is 6. The number of carbonyl (C=O) groups is 1. The molecule has 164 valence electrons. The largest absolute Gasteiger partial charge is 0.497 e. The first-order valence-electron chi connectivity index (χ1n) is 10.7. The lowest BCUT2D eigenvalue weighted by Crippen LogP contribution is -2.06. The van der Waals surface area contributed by atoms with Crippen LogP contribution in [0.3, 0.4) is 0 Å². The molecule has 3 aromatic carbocycles. The molecule has 0 radical (unpaired) electrons. The molecule has 0 aromatic heterocycles. The van der Waals surface area contributed by atoms with Crippen molar-refractivity contribution in [2.45, 2.75) is 19.3 Å². The Hall–Kier alpha value is -4.23. The predicted octanol–water partition coefficient (Wildman–Crippen LogP) is 6.34. The molecule has 0 amide bonds. The number of hydrogen-bond acceptors (Lipinski definition) is 4. The van der Waals surface area contributed by atoms with Crippen molar-refractivity contribution in [1.82, 2.24) is 0 Å². The number of carbonyl (C=O) groups excluding carboxylic acids is 1. The summed E-state index contributed by atoms with van der Waals surface area (Å²) in [5.41, 5.74) is 2.95. The third-order valence-corrected chi connectivity index (χ3v) is 5.47. The number of allylic oxidation sites excluding steroid dienone is 2. The summed E-state index contributed by atoms with van der Waals surface area (Å²) in [5, 5.41) is 1.55. The van der Waals surface area contributed by atoms with Gasteiger partial charge >= 0.3 is 5.97 Å². The maximum atomic E-state index is 11.8. The molecular weight excluding hydrogens is 412 g/mol. The van der Waals surface area contributed by atoms with Crippen molar-refractivity contribution in [1.29, 1.82) is 0 Å². The Bertz CT molecular complexity index is 1310. The van der Waals surface area contributed by atoms with Gasteiger partial charge in [-0.25, -0.2) is 4.79 Å². The summed E-state index contributed by atoms with van der Waals surface area (Å²) in [6.45, 7) is 7.38. The van der Waals surface area contributed by atoms with Gasteiger partial charge in [-0.15, -0.1) is 0 Å². The summed E-state index contributed by atoms with van der Waals surface area (Å²) >= 11 is 0. The van der Waals surface area contributed by atoms with E-state index < -0.39 is 5.97 Å².